The van der Waals surface area contributed by atoms with E-state index in [4.69, 9.17) is 4.74 Å². The van der Waals surface area contributed by atoms with E-state index < -0.39 is 22.1 Å². The molecular formula is C17H26N2O5S2. The van der Waals surface area contributed by atoms with E-state index in [9.17, 15) is 18.0 Å². The first-order valence-electron chi connectivity index (χ1n) is 8.80. The fraction of sp³-hybridized carbons (Fsp3) is 0.647. The zero-order valence-corrected chi connectivity index (χ0v) is 16.8. The largest absolute Gasteiger partial charge is 0.452 e. The van der Waals surface area contributed by atoms with Gasteiger partial charge in [-0.1, -0.05) is 25.3 Å². The Labute approximate surface area is 158 Å². The van der Waals surface area contributed by atoms with E-state index in [-0.39, 0.29) is 29.1 Å². The molecule has 9 heteroatoms. The van der Waals surface area contributed by atoms with E-state index in [1.54, 1.807) is 30.3 Å². The van der Waals surface area contributed by atoms with Gasteiger partial charge in [-0.15, -0.1) is 11.3 Å². The number of ether oxygens (including phenoxy) is 1. The molecular weight excluding hydrogens is 376 g/mol. The summed E-state index contributed by atoms with van der Waals surface area (Å²) in [7, 11) is -1.85. The Morgan fingerprint density at radius 1 is 1.35 bits per heavy atom. The molecule has 146 valence electrons. The number of carbonyl (C=O) groups is 2. The second-order valence-corrected chi connectivity index (χ2v) is 9.39. The van der Waals surface area contributed by atoms with Crippen LogP contribution in [0.2, 0.25) is 0 Å². The predicted octanol–water partition coefficient (Wildman–Crippen LogP) is 2.14. The highest BCUT2D eigenvalue weighted by Gasteiger charge is 2.27. The number of amides is 1. The number of thiophene rings is 1. The number of hydrogen-bond donors (Lipinski definition) is 1. The van der Waals surface area contributed by atoms with Crippen molar-refractivity contribution in [3.05, 3.63) is 17.5 Å². The maximum absolute atomic E-state index is 12.4. The van der Waals surface area contributed by atoms with Crippen molar-refractivity contribution in [2.24, 2.45) is 0 Å². The first kappa shape index (κ1) is 20.9. The van der Waals surface area contributed by atoms with Gasteiger partial charge in [-0.3, -0.25) is 9.59 Å². The van der Waals surface area contributed by atoms with Gasteiger partial charge in [-0.25, -0.2) is 13.1 Å². The second-order valence-electron chi connectivity index (χ2n) is 6.45. The molecule has 1 heterocycles. The van der Waals surface area contributed by atoms with E-state index in [0.717, 1.165) is 37.0 Å². The van der Waals surface area contributed by atoms with Gasteiger partial charge in [0, 0.05) is 19.6 Å². The van der Waals surface area contributed by atoms with Crippen LogP contribution in [-0.4, -0.2) is 50.9 Å². The maximum Gasteiger partial charge on any atom is 0.307 e. The number of esters is 1. The van der Waals surface area contributed by atoms with Crippen molar-refractivity contribution >= 4 is 33.2 Å². The molecule has 1 aromatic heterocycles. The van der Waals surface area contributed by atoms with Gasteiger partial charge in [-0.2, -0.15) is 0 Å². The van der Waals surface area contributed by atoms with Crippen molar-refractivity contribution in [1.82, 2.24) is 9.62 Å². The van der Waals surface area contributed by atoms with Crippen molar-refractivity contribution < 1.29 is 22.7 Å². The Kier molecular flexibility index (Phi) is 7.60. The van der Waals surface area contributed by atoms with E-state index in [2.05, 4.69) is 4.72 Å². The average Bonchev–Trinajstić information content (AvgIpc) is 3.16. The third-order valence-electron chi connectivity index (χ3n) is 4.51. The topological polar surface area (TPSA) is 92.8 Å². The van der Waals surface area contributed by atoms with E-state index in [0.29, 0.717) is 0 Å². The number of carbonyl (C=O) groups excluding carboxylic acids is 2. The summed E-state index contributed by atoms with van der Waals surface area (Å²) in [5.41, 5.74) is 0. The molecule has 1 N–H and O–H groups in total. The van der Waals surface area contributed by atoms with Crippen LogP contribution in [0, 0.1) is 0 Å². The molecule has 1 amide bonds. The van der Waals surface area contributed by atoms with Crippen molar-refractivity contribution in [3.8, 4) is 0 Å². The molecule has 7 nitrogen and oxygen atoms in total. The molecule has 1 fully saturated rings. The lowest BCUT2D eigenvalue weighted by molar-refractivity contribution is -0.159. The maximum atomic E-state index is 12.4. The summed E-state index contributed by atoms with van der Waals surface area (Å²) < 4.78 is 31.6. The third-order valence-corrected chi connectivity index (χ3v) is 7.37. The molecule has 1 aromatic rings. The van der Waals surface area contributed by atoms with Crippen LogP contribution in [0.4, 0.5) is 0 Å². The Morgan fingerprint density at radius 2 is 2.04 bits per heavy atom. The summed E-state index contributed by atoms with van der Waals surface area (Å²) in [4.78, 5) is 26.0. The highest BCUT2D eigenvalue weighted by molar-refractivity contribution is 7.91. The Bertz CT molecular complexity index is 697. The Balaban J connectivity index is 1.75. The van der Waals surface area contributed by atoms with Gasteiger partial charge in [0.1, 0.15) is 4.21 Å². The number of likely N-dealkylation sites (N-methyl/N-ethyl adjacent to an activating group) is 1. The fourth-order valence-electron chi connectivity index (χ4n) is 3.02. The van der Waals surface area contributed by atoms with Gasteiger partial charge >= 0.3 is 5.97 Å². The summed E-state index contributed by atoms with van der Waals surface area (Å²) in [6, 6.07) is 3.34. The van der Waals surface area contributed by atoms with Crippen LogP contribution in [0.15, 0.2) is 21.7 Å². The molecule has 2 rings (SSSR count). The number of nitrogens with zero attached hydrogens (tertiary/aromatic N) is 1. The molecule has 0 radical (unpaired) electrons. The standard InChI is InChI=1S/C17H26N2O5S2/c1-13(17(21)19(2)14-7-4-3-5-8-14)24-15(20)10-11-18-26(22,23)16-9-6-12-25-16/h6,9,12-14,18H,3-5,7-8,10-11H2,1-2H3/t13-/m1/s1. The normalized spacial score (nSPS) is 16.8. The van der Waals surface area contributed by atoms with Gasteiger partial charge in [0.2, 0.25) is 10.0 Å². The summed E-state index contributed by atoms with van der Waals surface area (Å²) in [5.74, 6) is -0.818. The lowest BCUT2D eigenvalue weighted by Crippen LogP contribution is -2.44. The predicted molar refractivity (Wildman–Crippen MR) is 99.3 cm³/mol. The Morgan fingerprint density at radius 3 is 2.65 bits per heavy atom. The van der Waals surface area contributed by atoms with Crippen LogP contribution in [0.5, 0.6) is 0 Å². The molecule has 1 atom stereocenters. The molecule has 0 aliphatic heterocycles. The minimum Gasteiger partial charge on any atom is -0.452 e. The van der Waals surface area contributed by atoms with Crippen LogP contribution in [0.1, 0.15) is 45.4 Å². The van der Waals surface area contributed by atoms with Gasteiger partial charge in [0.15, 0.2) is 6.10 Å². The summed E-state index contributed by atoms with van der Waals surface area (Å²) in [6.07, 6.45) is 4.38. The van der Waals surface area contributed by atoms with Crippen molar-refractivity contribution in [2.75, 3.05) is 13.6 Å². The number of rotatable bonds is 8. The number of sulfonamides is 1. The van der Waals surface area contributed by atoms with E-state index in [1.165, 1.54) is 12.5 Å². The van der Waals surface area contributed by atoms with Gasteiger partial charge in [-0.05, 0) is 31.2 Å². The molecule has 0 bridgehead atoms. The van der Waals surface area contributed by atoms with E-state index >= 15 is 0 Å². The number of nitrogens with one attached hydrogen (secondary N) is 1. The van der Waals surface area contributed by atoms with Crippen LogP contribution in [0.3, 0.4) is 0 Å². The molecule has 0 aromatic carbocycles. The van der Waals surface area contributed by atoms with Crippen LogP contribution < -0.4 is 4.72 Å². The molecule has 1 saturated carbocycles. The minimum absolute atomic E-state index is 0.0710. The molecule has 0 saturated heterocycles. The quantitative estimate of drug-likeness (QED) is 0.673. The Hall–Kier alpha value is -1.45. The highest BCUT2D eigenvalue weighted by atomic mass is 32.2. The van der Waals surface area contributed by atoms with Gasteiger partial charge in [0.25, 0.3) is 5.91 Å². The highest BCUT2D eigenvalue weighted by Crippen LogP contribution is 2.22. The molecule has 26 heavy (non-hydrogen) atoms. The zero-order valence-electron chi connectivity index (χ0n) is 15.1. The van der Waals surface area contributed by atoms with Crippen molar-refractivity contribution in [1.29, 1.82) is 0 Å². The zero-order chi connectivity index (χ0) is 19.2. The number of hydrogen-bond acceptors (Lipinski definition) is 6. The van der Waals surface area contributed by atoms with E-state index in [1.807, 2.05) is 0 Å². The summed E-state index contributed by atoms with van der Waals surface area (Å²) >= 11 is 1.10. The molecule has 1 aliphatic rings. The second kappa shape index (κ2) is 9.48. The fourth-order valence-corrected chi connectivity index (χ4v) is 5.09. The monoisotopic (exact) mass is 402 g/mol. The van der Waals surface area contributed by atoms with Crippen LogP contribution in [0.25, 0.3) is 0 Å². The first-order valence-corrected chi connectivity index (χ1v) is 11.2. The third kappa shape index (κ3) is 5.78. The summed E-state index contributed by atoms with van der Waals surface area (Å²) in [5, 5.41) is 1.67. The van der Waals surface area contributed by atoms with Crippen molar-refractivity contribution in [2.45, 2.75) is 61.8 Å². The first-order chi connectivity index (χ1) is 12.3. The minimum atomic E-state index is -3.60. The SMILES string of the molecule is C[C@@H](OC(=O)CCNS(=O)(=O)c1cccs1)C(=O)N(C)C1CCCCC1. The van der Waals surface area contributed by atoms with Gasteiger partial charge in [0.05, 0.1) is 6.42 Å². The smallest absolute Gasteiger partial charge is 0.307 e. The molecule has 0 spiro atoms. The van der Waals surface area contributed by atoms with Crippen LogP contribution >= 0.6 is 11.3 Å². The average molecular weight is 403 g/mol. The molecule has 1 aliphatic carbocycles. The lowest BCUT2D eigenvalue weighted by atomic mass is 9.94. The lowest BCUT2D eigenvalue weighted by Gasteiger charge is -2.32. The molecule has 0 unspecified atom stereocenters. The van der Waals surface area contributed by atoms with Crippen molar-refractivity contribution in [3.63, 3.8) is 0 Å². The van der Waals surface area contributed by atoms with Gasteiger partial charge < -0.3 is 9.64 Å². The van der Waals surface area contributed by atoms with Crippen LogP contribution in [-0.2, 0) is 24.3 Å². The summed E-state index contributed by atoms with van der Waals surface area (Å²) in [6.45, 7) is 1.48.